The van der Waals surface area contributed by atoms with Crippen LogP contribution in [0.1, 0.15) is 24.3 Å². The number of pyridine rings is 1. The van der Waals surface area contributed by atoms with Crippen molar-refractivity contribution in [3.05, 3.63) is 169 Å². The van der Waals surface area contributed by atoms with Gasteiger partial charge in [0.2, 0.25) is 0 Å². The highest BCUT2D eigenvalue weighted by Crippen LogP contribution is 2.46. The van der Waals surface area contributed by atoms with E-state index in [1.165, 1.54) is 89.9 Å². The van der Waals surface area contributed by atoms with Crippen LogP contribution in [0.2, 0.25) is 0 Å². The van der Waals surface area contributed by atoms with Crippen molar-refractivity contribution in [2.75, 3.05) is 0 Å². The highest BCUT2D eigenvalue weighted by Gasteiger charge is 2.27. The molecule has 48 heavy (non-hydrogen) atoms. The van der Waals surface area contributed by atoms with Gasteiger partial charge >= 0.3 is 0 Å². The van der Waals surface area contributed by atoms with Crippen LogP contribution < -0.4 is 0 Å². The van der Waals surface area contributed by atoms with E-state index < -0.39 is 0 Å². The van der Waals surface area contributed by atoms with E-state index in [0.29, 0.717) is 5.92 Å². The second-order valence-corrected chi connectivity index (χ2v) is 13.1. The average Bonchev–Trinajstić information content (AvgIpc) is 3.96. The molecule has 1 aliphatic carbocycles. The standard InChI is InChI=1S/C46H32N2/c1-2-12-31(13-3-1)44-36-17-4-6-19-38(36)45(39-20-7-5-18-37(39)44)34-15-10-14-32(28-34)33-25-26-42-40(29-33)46-43(22-11-27-47-46)48(42)41-21-9-8-16-35(41)30-23-24-30/h1-22,25-30H,23-24H2. The predicted octanol–water partition coefficient (Wildman–Crippen LogP) is 12.4. The number of nitrogens with zero attached hydrogens (tertiary/aromatic N) is 2. The van der Waals surface area contributed by atoms with Crippen LogP contribution in [0.4, 0.5) is 0 Å². The van der Waals surface area contributed by atoms with E-state index in [-0.39, 0.29) is 0 Å². The van der Waals surface area contributed by atoms with E-state index in [1.807, 2.05) is 6.20 Å². The summed E-state index contributed by atoms with van der Waals surface area (Å²) in [5.74, 6) is 0.654. The molecular formula is C46H32N2. The molecule has 0 atom stereocenters. The molecule has 0 bridgehead atoms. The molecule has 0 spiro atoms. The first-order chi connectivity index (χ1) is 23.8. The van der Waals surface area contributed by atoms with Crippen LogP contribution in [-0.4, -0.2) is 9.55 Å². The SMILES string of the molecule is c1ccc(-c2c3ccccc3c(-c3cccc(-c4ccc5c(c4)c4ncccc4n5-c4ccccc4C4CC4)c3)c3ccccc23)cc1. The van der Waals surface area contributed by atoms with E-state index >= 15 is 0 Å². The summed E-state index contributed by atoms with van der Waals surface area (Å²) in [5.41, 5.74) is 13.5. The number of fused-ring (bicyclic) bond motifs is 5. The van der Waals surface area contributed by atoms with E-state index in [2.05, 4.69) is 162 Å². The van der Waals surface area contributed by atoms with Gasteiger partial charge in [0, 0.05) is 17.3 Å². The maximum atomic E-state index is 4.93. The Balaban J connectivity index is 1.17. The minimum Gasteiger partial charge on any atom is -0.307 e. The Hall–Kier alpha value is -5.99. The average molecular weight is 613 g/mol. The summed E-state index contributed by atoms with van der Waals surface area (Å²) in [6.45, 7) is 0. The molecule has 1 fully saturated rings. The normalized spacial score (nSPS) is 13.2. The van der Waals surface area contributed by atoms with Gasteiger partial charge in [0.1, 0.15) is 0 Å². The van der Waals surface area contributed by atoms with E-state index in [9.17, 15) is 0 Å². The van der Waals surface area contributed by atoms with Crippen molar-refractivity contribution < 1.29 is 0 Å². The van der Waals surface area contributed by atoms with Gasteiger partial charge < -0.3 is 4.57 Å². The lowest BCUT2D eigenvalue weighted by molar-refractivity contribution is 1.06. The number of para-hydroxylation sites is 1. The smallest absolute Gasteiger partial charge is 0.0963 e. The summed E-state index contributed by atoms with van der Waals surface area (Å²) >= 11 is 0. The van der Waals surface area contributed by atoms with Crippen molar-refractivity contribution >= 4 is 43.5 Å². The van der Waals surface area contributed by atoms with Crippen LogP contribution in [0, 0.1) is 0 Å². The summed E-state index contributed by atoms with van der Waals surface area (Å²) in [4.78, 5) is 4.93. The summed E-state index contributed by atoms with van der Waals surface area (Å²) in [6.07, 6.45) is 4.46. The first-order valence-electron chi connectivity index (χ1n) is 16.9. The van der Waals surface area contributed by atoms with E-state index in [4.69, 9.17) is 4.98 Å². The van der Waals surface area contributed by atoms with Gasteiger partial charge in [-0.25, -0.2) is 0 Å². The zero-order chi connectivity index (χ0) is 31.6. The zero-order valence-corrected chi connectivity index (χ0v) is 26.5. The second-order valence-electron chi connectivity index (χ2n) is 13.1. The van der Waals surface area contributed by atoms with E-state index in [0.717, 1.165) is 11.0 Å². The molecule has 0 N–H and O–H groups in total. The molecule has 0 saturated heterocycles. The maximum absolute atomic E-state index is 4.93. The molecule has 2 heteroatoms. The molecule has 7 aromatic carbocycles. The third-order valence-corrected chi connectivity index (χ3v) is 10.2. The fourth-order valence-corrected chi connectivity index (χ4v) is 7.91. The molecule has 0 amide bonds. The van der Waals surface area contributed by atoms with Gasteiger partial charge in [0.05, 0.1) is 16.6 Å². The van der Waals surface area contributed by atoms with Gasteiger partial charge in [-0.3, -0.25) is 4.98 Å². The molecule has 226 valence electrons. The van der Waals surface area contributed by atoms with E-state index in [1.54, 1.807) is 0 Å². The Labute approximate surface area is 279 Å². The van der Waals surface area contributed by atoms with Gasteiger partial charge in [-0.1, -0.05) is 121 Å². The predicted molar refractivity (Wildman–Crippen MR) is 202 cm³/mol. The van der Waals surface area contributed by atoms with Gasteiger partial charge in [0.15, 0.2) is 0 Å². The molecule has 0 aliphatic heterocycles. The van der Waals surface area contributed by atoms with Crippen LogP contribution in [-0.2, 0) is 0 Å². The monoisotopic (exact) mass is 612 g/mol. The molecule has 0 unspecified atom stereocenters. The molecule has 2 heterocycles. The topological polar surface area (TPSA) is 17.8 Å². The van der Waals surface area contributed by atoms with Gasteiger partial charge in [0.25, 0.3) is 0 Å². The molecule has 1 saturated carbocycles. The van der Waals surface area contributed by atoms with Crippen molar-refractivity contribution in [2.45, 2.75) is 18.8 Å². The fourth-order valence-electron chi connectivity index (χ4n) is 7.91. The number of hydrogen-bond acceptors (Lipinski definition) is 1. The van der Waals surface area contributed by atoms with Crippen molar-refractivity contribution in [3.63, 3.8) is 0 Å². The maximum Gasteiger partial charge on any atom is 0.0963 e. The number of benzene rings is 7. The molecule has 2 nitrogen and oxygen atoms in total. The summed E-state index contributed by atoms with van der Waals surface area (Å²) in [5, 5.41) is 6.26. The Morgan fingerprint density at radius 2 is 1.04 bits per heavy atom. The minimum absolute atomic E-state index is 0.654. The van der Waals surface area contributed by atoms with Crippen molar-refractivity contribution in [1.29, 1.82) is 0 Å². The lowest BCUT2D eigenvalue weighted by Gasteiger charge is -2.18. The quantitative estimate of drug-likeness (QED) is 0.177. The summed E-state index contributed by atoms with van der Waals surface area (Å²) in [7, 11) is 0. The molecule has 9 aromatic rings. The van der Waals surface area contributed by atoms with Gasteiger partial charge in [-0.15, -0.1) is 0 Å². The minimum atomic E-state index is 0.654. The van der Waals surface area contributed by atoms with Crippen molar-refractivity contribution in [1.82, 2.24) is 9.55 Å². The van der Waals surface area contributed by atoms with Gasteiger partial charge in [-0.05, 0) is 116 Å². The number of hydrogen-bond donors (Lipinski definition) is 0. The lowest BCUT2D eigenvalue weighted by atomic mass is 9.85. The Morgan fingerprint density at radius 3 is 1.77 bits per heavy atom. The first kappa shape index (κ1) is 27.2. The van der Waals surface area contributed by atoms with Gasteiger partial charge in [-0.2, -0.15) is 0 Å². The van der Waals surface area contributed by atoms with Crippen LogP contribution in [0.15, 0.2) is 164 Å². The summed E-state index contributed by atoms with van der Waals surface area (Å²) < 4.78 is 2.43. The highest BCUT2D eigenvalue weighted by molar-refractivity contribution is 6.21. The molecule has 10 rings (SSSR count). The highest BCUT2D eigenvalue weighted by atomic mass is 15.0. The van der Waals surface area contributed by atoms with Crippen LogP contribution >= 0.6 is 0 Å². The fraction of sp³-hybridized carbons (Fsp3) is 0.0652. The third kappa shape index (κ3) is 4.23. The molecule has 2 aromatic heterocycles. The van der Waals surface area contributed by atoms with Crippen LogP contribution in [0.5, 0.6) is 0 Å². The third-order valence-electron chi connectivity index (χ3n) is 10.2. The van der Waals surface area contributed by atoms with Crippen molar-refractivity contribution in [2.24, 2.45) is 0 Å². The van der Waals surface area contributed by atoms with Crippen molar-refractivity contribution in [3.8, 4) is 39.1 Å². The lowest BCUT2D eigenvalue weighted by Crippen LogP contribution is -1.98. The summed E-state index contributed by atoms with van der Waals surface area (Å²) in [6, 6.07) is 57.7. The number of aromatic nitrogens is 2. The van der Waals surface area contributed by atoms with Crippen LogP contribution in [0.25, 0.3) is 82.5 Å². The Kier molecular flexibility index (Phi) is 6.10. The largest absolute Gasteiger partial charge is 0.307 e. The Morgan fingerprint density at radius 1 is 0.438 bits per heavy atom. The Bertz CT molecular complexity index is 2620. The first-order valence-corrected chi connectivity index (χ1v) is 16.9. The zero-order valence-electron chi connectivity index (χ0n) is 26.5. The number of rotatable bonds is 5. The molecule has 1 aliphatic rings. The second kappa shape index (κ2) is 10.8. The van der Waals surface area contributed by atoms with Crippen LogP contribution in [0.3, 0.4) is 0 Å². The molecular weight excluding hydrogens is 581 g/mol. The molecule has 0 radical (unpaired) electrons.